The van der Waals surface area contributed by atoms with Crippen LogP contribution in [-0.2, 0) is 26.0 Å². The number of thiophene rings is 1. The summed E-state index contributed by atoms with van der Waals surface area (Å²) in [6, 6.07) is 11.8. The van der Waals surface area contributed by atoms with E-state index in [9.17, 15) is 18.0 Å². The number of piperidine rings is 2. The number of carbonyl (C=O) groups excluding carboxylic acids is 2. The first kappa shape index (κ1) is 23.9. The molecule has 33 heavy (non-hydrogen) atoms. The van der Waals surface area contributed by atoms with Gasteiger partial charge in [0, 0.05) is 26.2 Å². The quantitative estimate of drug-likeness (QED) is 0.554. The van der Waals surface area contributed by atoms with Crippen molar-refractivity contribution in [1.82, 2.24) is 9.21 Å². The number of carbonyl (C=O) groups is 2. The summed E-state index contributed by atoms with van der Waals surface area (Å²) in [6.07, 6.45) is 5.48. The SMILES string of the molecule is O=C(OCC(=O)N1CCC(Cc2ccccc2)CC1)c1sccc1S(=O)(=O)N1CCCCC1. The van der Waals surface area contributed by atoms with Gasteiger partial charge in [0.25, 0.3) is 5.91 Å². The van der Waals surface area contributed by atoms with Gasteiger partial charge in [-0.2, -0.15) is 4.31 Å². The van der Waals surface area contributed by atoms with Crippen LogP contribution >= 0.6 is 11.3 Å². The summed E-state index contributed by atoms with van der Waals surface area (Å²) in [7, 11) is -3.74. The van der Waals surface area contributed by atoms with Crippen molar-refractivity contribution < 1.29 is 22.7 Å². The number of likely N-dealkylation sites (tertiary alicyclic amines) is 1. The molecular weight excluding hydrogens is 460 g/mol. The molecule has 0 atom stereocenters. The average molecular weight is 491 g/mol. The fraction of sp³-hybridized carbons (Fsp3) is 0.500. The molecule has 0 spiro atoms. The van der Waals surface area contributed by atoms with Gasteiger partial charge in [-0.25, -0.2) is 13.2 Å². The molecule has 2 aliphatic rings. The molecule has 7 nitrogen and oxygen atoms in total. The Bertz CT molecular complexity index is 1050. The molecule has 0 saturated carbocycles. The third-order valence-corrected chi connectivity index (χ3v) is 9.37. The van der Waals surface area contributed by atoms with E-state index in [0.717, 1.165) is 49.9 Å². The summed E-state index contributed by atoms with van der Waals surface area (Å²) >= 11 is 1.03. The molecule has 3 heterocycles. The van der Waals surface area contributed by atoms with Gasteiger partial charge in [-0.15, -0.1) is 11.3 Å². The molecule has 0 N–H and O–H groups in total. The number of benzene rings is 1. The summed E-state index contributed by atoms with van der Waals surface area (Å²) in [6.45, 7) is 1.84. The van der Waals surface area contributed by atoms with Crippen LogP contribution < -0.4 is 0 Å². The second kappa shape index (κ2) is 10.8. The van der Waals surface area contributed by atoms with Crippen molar-refractivity contribution in [3.8, 4) is 0 Å². The highest BCUT2D eigenvalue weighted by Crippen LogP contribution is 2.28. The second-order valence-electron chi connectivity index (χ2n) is 8.67. The first-order valence-electron chi connectivity index (χ1n) is 11.5. The topological polar surface area (TPSA) is 84.0 Å². The third kappa shape index (κ3) is 5.83. The summed E-state index contributed by atoms with van der Waals surface area (Å²) in [5, 5.41) is 1.58. The summed E-state index contributed by atoms with van der Waals surface area (Å²) in [5.74, 6) is -0.459. The Balaban J connectivity index is 1.28. The number of esters is 1. The summed E-state index contributed by atoms with van der Waals surface area (Å²) < 4.78 is 32.6. The molecule has 1 aromatic carbocycles. The Morgan fingerprint density at radius 3 is 2.36 bits per heavy atom. The lowest BCUT2D eigenvalue weighted by molar-refractivity contribution is -0.135. The maximum Gasteiger partial charge on any atom is 0.350 e. The zero-order valence-electron chi connectivity index (χ0n) is 18.6. The maximum atomic E-state index is 13.0. The number of amides is 1. The molecule has 4 rings (SSSR count). The zero-order valence-corrected chi connectivity index (χ0v) is 20.3. The van der Waals surface area contributed by atoms with Gasteiger partial charge in [0.1, 0.15) is 9.77 Å². The minimum atomic E-state index is -3.74. The maximum absolute atomic E-state index is 13.0. The number of nitrogens with zero attached hydrogens (tertiary/aromatic N) is 2. The fourth-order valence-corrected chi connectivity index (χ4v) is 7.31. The van der Waals surface area contributed by atoms with Crippen molar-refractivity contribution in [1.29, 1.82) is 0 Å². The van der Waals surface area contributed by atoms with Gasteiger partial charge < -0.3 is 9.64 Å². The van der Waals surface area contributed by atoms with Crippen LogP contribution in [0.15, 0.2) is 46.7 Å². The Labute approximate surface area is 199 Å². The largest absolute Gasteiger partial charge is 0.451 e. The van der Waals surface area contributed by atoms with Crippen LogP contribution in [0.3, 0.4) is 0 Å². The number of hydrogen-bond donors (Lipinski definition) is 0. The van der Waals surface area contributed by atoms with E-state index < -0.39 is 16.0 Å². The van der Waals surface area contributed by atoms with Gasteiger partial charge in [0.2, 0.25) is 10.0 Å². The fourth-order valence-electron chi connectivity index (χ4n) is 4.51. The van der Waals surface area contributed by atoms with Crippen molar-refractivity contribution in [3.63, 3.8) is 0 Å². The smallest absolute Gasteiger partial charge is 0.350 e. The molecular formula is C24H30N2O5S2. The van der Waals surface area contributed by atoms with E-state index in [1.807, 2.05) is 18.2 Å². The van der Waals surface area contributed by atoms with Crippen LogP contribution in [0.4, 0.5) is 0 Å². The first-order chi connectivity index (χ1) is 15.9. The summed E-state index contributed by atoms with van der Waals surface area (Å²) in [4.78, 5) is 27.0. The molecule has 0 bridgehead atoms. The standard InChI is InChI=1S/C24H30N2O5S2/c27-22(25-14-9-20(10-15-25)17-19-7-3-1-4-8-19)18-31-24(28)23-21(11-16-32-23)33(29,30)26-12-5-2-6-13-26/h1,3-4,7-8,11,16,20H,2,5-6,9-10,12-15,17-18H2. The second-order valence-corrected chi connectivity index (χ2v) is 11.5. The zero-order chi connectivity index (χ0) is 23.3. The van der Waals surface area contributed by atoms with Crippen molar-refractivity contribution in [2.45, 2.75) is 43.4 Å². The van der Waals surface area contributed by atoms with E-state index in [-0.39, 0.29) is 22.3 Å². The normalized spacial score (nSPS) is 18.2. The molecule has 0 radical (unpaired) electrons. The number of ether oxygens (including phenoxy) is 1. The highest BCUT2D eigenvalue weighted by molar-refractivity contribution is 7.89. The van der Waals surface area contributed by atoms with Crippen molar-refractivity contribution in [2.24, 2.45) is 5.92 Å². The lowest BCUT2D eigenvalue weighted by Gasteiger charge is -2.32. The predicted octanol–water partition coefficient (Wildman–Crippen LogP) is 3.56. The van der Waals surface area contributed by atoms with Gasteiger partial charge in [-0.3, -0.25) is 4.79 Å². The third-order valence-electron chi connectivity index (χ3n) is 6.41. The van der Waals surface area contributed by atoms with Crippen LogP contribution in [-0.4, -0.2) is 62.3 Å². The Morgan fingerprint density at radius 1 is 0.970 bits per heavy atom. The molecule has 0 unspecified atom stereocenters. The van der Waals surface area contributed by atoms with Crippen molar-refractivity contribution >= 4 is 33.2 Å². The average Bonchev–Trinajstić information content (AvgIpc) is 3.35. The molecule has 1 amide bonds. The van der Waals surface area contributed by atoms with E-state index in [1.165, 1.54) is 15.9 Å². The number of rotatable bonds is 7. The predicted molar refractivity (Wildman–Crippen MR) is 127 cm³/mol. The number of hydrogen-bond acceptors (Lipinski definition) is 6. The molecule has 0 aliphatic carbocycles. The van der Waals surface area contributed by atoms with Gasteiger partial charge in [-0.1, -0.05) is 36.8 Å². The Morgan fingerprint density at radius 2 is 1.67 bits per heavy atom. The molecule has 2 aliphatic heterocycles. The lowest BCUT2D eigenvalue weighted by Crippen LogP contribution is -2.41. The molecule has 2 fully saturated rings. The number of sulfonamides is 1. The minimum Gasteiger partial charge on any atom is -0.451 e. The Kier molecular flexibility index (Phi) is 7.82. The van der Waals surface area contributed by atoms with Crippen LogP contribution in [0.25, 0.3) is 0 Å². The lowest BCUT2D eigenvalue weighted by atomic mass is 9.90. The molecule has 2 aromatic rings. The van der Waals surface area contributed by atoms with Crippen molar-refractivity contribution in [2.75, 3.05) is 32.8 Å². The first-order valence-corrected chi connectivity index (χ1v) is 13.8. The molecule has 2 saturated heterocycles. The van der Waals surface area contributed by atoms with E-state index in [0.29, 0.717) is 32.1 Å². The molecule has 9 heteroatoms. The minimum absolute atomic E-state index is 0.0198. The highest BCUT2D eigenvalue weighted by Gasteiger charge is 2.32. The van der Waals surface area contributed by atoms with Gasteiger partial charge in [-0.05, 0) is 55.0 Å². The van der Waals surface area contributed by atoms with Crippen LogP contribution in [0.5, 0.6) is 0 Å². The van der Waals surface area contributed by atoms with Gasteiger partial charge in [0.05, 0.1) is 0 Å². The molecule has 178 valence electrons. The van der Waals surface area contributed by atoms with E-state index in [2.05, 4.69) is 12.1 Å². The van der Waals surface area contributed by atoms with Crippen LogP contribution in [0.1, 0.15) is 47.3 Å². The monoisotopic (exact) mass is 490 g/mol. The Hall–Kier alpha value is -2.23. The van der Waals surface area contributed by atoms with E-state index in [1.54, 1.807) is 10.3 Å². The van der Waals surface area contributed by atoms with Gasteiger partial charge in [0.15, 0.2) is 6.61 Å². The van der Waals surface area contributed by atoms with Gasteiger partial charge >= 0.3 is 5.97 Å². The highest BCUT2D eigenvalue weighted by atomic mass is 32.2. The van der Waals surface area contributed by atoms with Crippen molar-refractivity contribution in [3.05, 3.63) is 52.2 Å². The van der Waals surface area contributed by atoms with Crippen LogP contribution in [0, 0.1) is 5.92 Å². The van der Waals surface area contributed by atoms with Crippen LogP contribution in [0.2, 0.25) is 0 Å². The molecule has 1 aromatic heterocycles. The van der Waals surface area contributed by atoms with E-state index in [4.69, 9.17) is 4.74 Å². The van der Waals surface area contributed by atoms with E-state index >= 15 is 0 Å². The summed E-state index contributed by atoms with van der Waals surface area (Å²) in [5.41, 5.74) is 1.31.